The summed E-state index contributed by atoms with van der Waals surface area (Å²) in [5, 5.41) is 17.9. The first-order valence-electron chi connectivity index (χ1n) is 4.34. The van der Waals surface area contributed by atoms with Crippen LogP contribution in [-0.4, -0.2) is 20.3 Å². The fourth-order valence-electron chi connectivity index (χ4n) is 1.04. The van der Waals surface area contributed by atoms with Crippen molar-refractivity contribution in [2.24, 2.45) is 0 Å². The predicted octanol–water partition coefficient (Wildman–Crippen LogP) is 2.14. The van der Waals surface area contributed by atoms with Crippen LogP contribution in [0.4, 0.5) is 0 Å². The van der Waals surface area contributed by atoms with Crippen molar-refractivity contribution in [3.8, 4) is 0 Å². The fourth-order valence-corrected chi connectivity index (χ4v) is 2.47. The molecule has 78 valence electrons. The van der Waals surface area contributed by atoms with Crippen molar-refractivity contribution in [1.29, 1.82) is 0 Å². The number of rotatable bonds is 3. The third kappa shape index (κ3) is 2.74. The van der Waals surface area contributed by atoms with Crippen LogP contribution in [0.2, 0.25) is 0 Å². The van der Waals surface area contributed by atoms with Crippen LogP contribution in [0.5, 0.6) is 0 Å². The van der Waals surface area contributed by atoms with E-state index in [0.717, 1.165) is 14.9 Å². The van der Waals surface area contributed by atoms with Crippen molar-refractivity contribution in [2.45, 2.75) is 22.4 Å². The summed E-state index contributed by atoms with van der Waals surface area (Å²) >= 11 is 2.92. The van der Waals surface area contributed by atoms with Gasteiger partial charge in [-0.3, -0.25) is 0 Å². The standard InChI is InChI=1S/C9H9N3OS2/c1-6(13)7-2-3-10-8(4-7)15-9-12-11-5-14-9/h2-6,13H,1H3. The summed E-state index contributed by atoms with van der Waals surface area (Å²) in [5.41, 5.74) is 2.54. The monoisotopic (exact) mass is 239 g/mol. The van der Waals surface area contributed by atoms with Gasteiger partial charge in [0, 0.05) is 6.20 Å². The molecule has 0 aliphatic heterocycles. The van der Waals surface area contributed by atoms with E-state index in [1.807, 2.05) is 6.07 Å². The minimum absolute atomic E-state index is 0.471. The van der Waals surface area contributed by atoms with Gasteiger partial charge in [0.05, 0.1) is 6.10 Å². The molecule has 1 atom stereocenters. The summed E-state index contributed by atoms with van der Waals surface area (Å²) in [5.74, 6) is 0. The molecule has 2 aromatic heterocycles. The Kier molecular flexibility index (Phi) is 3.30. The summed E-state index contributed by atoms with van der Waals surface area (Å²) in [4.78, 5) is 4.19. The molecule has 0 aliphatic carbocycles. The molecule has 0 aliphatic rings. The van der Waals surface area contributed by atoms with Gasteiger partial charge >= 0.3 is 0 Å². The average Bonchev–Trinajstić information content (AvgIpc) is 2.71. The third-order valence-electron chi connectivity index (χ3n) is 1.77. The first-order chi connectivity index (χ1) is 7.25. The highest BCUT2D eigenvalue weighted by molar-refractivity contribution is 8.00. The van der Waals surface area contributed by atoms with E-state index >= 15 is 0 Å². The Hall–Kier alpha value is -0.980. The Morgan fingerprint density at radius 2 is 2.40 bits per heavy atom. The predicted molar refractivity (Wildman–Crippen MR) is 58.9 cm³/mol. The number of nitrogens with zero attached hydrogens (tertiary/aromatic N) is 3. The maximum atomic E-state index is 9.41. The Morgan fingerprint density at radius 3 is 3.07 bits per heavy atom. The van der Waals surface area contributed by atoms with Crippen molar-refractivity contribution in [1.82, 2.24) is 15.2 Å². The number of hydrogen-bond acceptors (Lipinski definition) is 6. The van der Waals surface area contributed by atoms with Gasteiger partial charge in [0.25, 0.3) is 0 Å². The number of pyridine rings is 1. The summed E-state index contributed by atoms with van der Waals surface area (Å²) in [6.07, 6.45) is 1.22. The normalized spacial score (nSPS) is 12.7. The molecule has 6 heteroatoms. The highest BCUT2D eigenvalue weighted by Crippen LogP contribution is 2.28. The van der Waals surface area contributed by atoms with E-state index in [9.17, 15) is 5.11 Å². The molecule has 1 unspecified atom stereocenters. The van der Waals surface area contributed by atoms with Crippen LogP contribution in [-0.2, 0) is 0 Å². The maximum Gasteiger partial charge on any atom is 0.180 e. The van der Waals surface area contributed by atoms with Crippen molar-refractivity contribution in [2.75, 3.05) is 0 Å². The van der Waals surface area contributed by atoms with Gasteiger partial charge in [-0.2, -0.15) is 0 Å². The SMILES string of the molecule is CC(O)c1ccnc(Sc2nncs2)c1. The van der Waals surface area contributed by atoms with Gasteiger partial charge in [0.15, 0.2) is 4.34 Å². The molecule has 2 rings (SSSR count). The molecule has 0 spiro atoms. The summed E-state index contributed by atoms with van der Waals surface area (Å²) < 4.78 is 0.852. The lowest BCUT2D eigenvalue weighted by molar-refractivity contribution is 0.199. The topological polar surface area (TPSA) is 58.9 Å². The van der Waals surface area contributed by atoms with Gasteiger partial charge in [0.2, 0.25) is 0 Å². The molecule has 15 heavy (non-hydrogen) atoms. The van der Waals surface area contributed by atoms with Crippen LogP contribution in [0.25, 0.3) is 0 Å². The van der Waals surface area contributed by atoms with Crippen LogP contribution in [0.15, 0.2) is 33.2 Å². The Balaban J connectivity index is 2.18. The second-order valence-corrected chi connectivity index (χ2v) is 5.01. The van der Waals surface area contributed by atoms with Gasteiger partial charge in [-0.05, 0) is 36.4 Å². The van der Waals surface area contributed by atoms with E-state index in [-0.39, 0.29) is 0 Å². The lowest BCUT2D eigenvalue weighted by atomic mass is 10.2. The molecule has 0 radical (unpaired) electrons. The van der Waals surface area contributed by atoms with E-state index in [4.69, 9.17) is 0 Å². The van der Waals surface area contributed by atoms with E-state index in [2.05, 4.69) is 15.2 Å². The summed E-state index contributed by atoms with van der Waals surface area (Å²) in [6, 6.07) is 3.66. The van der Waals surface area contributed by atoms with Crippen LogP contribution in [0.3, 0.4) is 0 Å². The maximum absolute atomic E-state index is 9.41. The Morgan fingerprint density at radius 1 is 1.53 bits per heavy atom. The van der Waals surface area contributed by atoms with E-state index in [1.54, 1.807) is 24.7 Å². The Bertz CT molecular complexity index is 431. The molecule has 2 heterocycles. The van der Waals surface area contributed by atoms with E-state index in [1.165, 1.54) is 23.1 Å². The summed E-state index contributed by atoms with van der Waals surface area (Å²) in [7, 11) is 0. The summed E-state index contributed by atoms with van der Waals surface area (Å²) in [6.45, 7) is 1.73. The molecule has 0 amide bonds. The van der Waals surface area contributed by atoms with Crippen molar-refractivity contribution >= 4 is 23.1 Å². The van der Waals surface area contributed by atoms with Gasteiger partial charge in [-0.1, -0.05) is 11.3 Å². The molecular weight excluding hydrogens is 230 g/mol. The highest BCUT2D eigenvalue weighted by atomic mass is 32.2. The van der Waals surface area contributed by atoms with Crippen molar-refractivity contribution < 1.29 is 5.11 Å². The zero-order chi connectivity index (χ0) is 10.7. The number of aliphatic hydroxyl groups is 1. The first kappa shape index (κ1) is 10.5. The number of aliphatic hydroxyl groups excluding tert-OH is 1. The van der Waals surface area contributed by atoms with Crippen molar-refractivity contribution in [3.63, 3.8) is 0 Å². The lowest BCUT2D eigenvalue weighted by Crippen LogP contribution is -1.92. The second kappa shape index (κ2) is 4.69. The zero-order valence-corrected chi connectivity index (χ0v) is 9.63. The molecule has 0 aromatic carbocycles. The van der Waals surface area contributed by atoms with Gasteiger partial charge in [-0.25, -0.2) is 4.98 Å². The van der Waals surface area contributed by atoms with Gasteiger partial charge in [-0.15, -0.1) is 10.2 Å². The first-order valence-corrected chi connectivity index (χ1v) is 6.03. The zero-order valence-electron chi connectivity index (χ0n) is 7.99. The molecule has 4 nitrogen and oxygen atoms in total. The Labute approximate surface area is 95.4 Å². The van der Waals surface area contributed by atoms with E-state index < -0.39 is 6.10 Å². The minimum atomic E-state index is -0.471. The molecule has 0 fully saturated rings. The van der Waals surface area contributed by atoms with Crippen molar-refractivity contribution in [3.05, 3.63) is 29.4 Å². The van der Waals surface area contributed by atoms with Crippen LogP contribution >= 0.6 is 23.1 Å². The quantitative estimate of drug-likeness (QED) is 0.889. The third-order valence-corrected chi connectivity index (χ3v) is 3.48. The average molecular weight is 239 g/mol. The van der Waals surface area contributed by atoms with Crippen LogP contribution in [0, 0.1) is 0 Å². The molecule has 2 aromatic rings. The largest absolute Gasteiger partial charge is 0.389 e. The fraction of sp³-hybridized carbons (Fsp3) is 0.222. The molecule has 0 saturated heterocycles. The van der Waals surface area contributed by atoms with Gasteiger partial charge in [0.1, 0.15) is 10.5 Å². The smallest absolute Gasteiger partial charge is 0.180 e. The van der Waals surface area contributed by atoms with Gasteiger partial charge < -0.3 is 5.11 Å². The molecule has 0 saturated carbocycles. The van der Waals surface area contributed by atoms with Crippen LogP contribution < -0.4 is 0 Å². The minimum Gasteiger partial charge on any atom is -0.389 e. The highest BCUT2D eigenvalue weighted by Gasteiger charge is 2.05. The second-order valence-electron chi connectivity index (χ2n) is 2.91. The molecule has 0 bridgehead atoms. The number of hydrogen-bond donors (Lipinski definition) is 1. The number of aromatic nitrogens is 3. The lowest BCUT2D eigenvalue weighted by Gasteiger charge is -2.04. The van der Waals surface area contributed by atoms with Crippen LogP contribution in [0.1, 0.15) is 18.6 Å². The molecule has 1 N–H and O–H groups in total. The van der Waals surface area contributed by atoms with E-state index in [0.29, 0.717) is 0 Å². The molecular formula is C9H9N3OS2.